The van der Waals surface area contributed by atoms with Crippen LogP contribution in [0.15, 0.2) is 108 Å². The summed E-state index contributed by atoms with van der Waals surface area (Å²) in [5.74, 6) is 0.187. The van der Waals surface area contributed by atoms with Gasteiger partial charge in [0.1, 0.15) is 0 Å². The van der Waals surface area contributed by atoms with Gasteiger partial charge in [-0.1, -0.05) is 88.4 Å². The van der Waals surface area contributed by atoms with E-state index in [1.807, 2.05) is 0 Å². The molecule has 0 bridgehead atoms. The van der Waals surface area contributed by atoms with Gasteiger partial charge in [0.2, 0.25) is 0 Å². The highest BCUT2D eigenvalue weighted by Crippen LogP contribution is 2.51. The molecular weight excluding hydrogens is 488 g/mol. The molecule has 0 atom stereocenters. The van der Waals surface area contributed by atoms with Crippen LogP contribution in [0.5, 0.6) is 0 Å². The Labute approximate surface area is 239 Å². The fraction of sp³-hybridized carbons (Fsp3) is 0.324. The van der Waals surface area contributed by atoms with Gasteiger partial charge in [0, 0.05) is 57.8 Å². The number of benzene rings is 3. The van der Waals surface area contributed by atoms with E-state index in [1.165, 1.54) is 44.7 Å². The summed E-state index contributed by atoms with van der Waals surface area (Å²) in [6.07, 6.45) is 10.2. The Morgan fingerprint density at radius 3 is 1.93 bits per heavy atom. The maximum Gasteiger partial charge on any atom is 0.185 e. The van der Waals surface area contributed by atoms with E-state index < -0.39 is 0 Å². The summed E-state index contributed by atoms with van der Waals surface area (Å²) in [6, 6.07) is 21.8. The van der Waals surface area contributed by atoms with Crippen molar-refractivity contribution in [1.82, 2.24) is 0 Å². The lowest BCUT2D eigenvalue weighted by Crippen LogP contribution is -2.25. The topological polar surface area (TPSA) is 23.6 Å². The fourth-order valence-electron chi connectivity index (χ4n) is 7.24. The van der Waals surface area contributed by atoms with E-state index in [4.69, 9.17) is 0 Å². The molecule has 1 aliphatic carbocycles. The first-order valence-electron chi connectivity index (χ1n) is 14.7. The largest absolute Gasteiger partial charge is 0.344 e. The number of Topliss-reactive ketones (excluding diaryl/α,β-unsaturated/α-hetero) is 1. The molecule has 3 nitrogen and oxygen atoms in total. The van der Waals surface area contributed by atoms with Crippen LogP contribution in [0.1, 0.15) is 65.5 Å². The second kappa shape index (κ2) is 9.66. The van der Waals surface area contributed by atoms with Gasteiger partial charge in [-0.3, -0.25) is 4.79 Å². The SMILES string of the molecule is CCN1/C(=C\C=C2\CC/C(=C\C=C3\N(CC)c4ccc5ccccc5c4C3(C)C)C2=O)C(C)(C)c2ccccc21. The lowest BCUT2D eigenvalue weighted by atomic mass is 9.81. The number of allylic oxidation sites excluding steroid dienone is 8. The number of para-hydroxylation sites is 1. The molecule has 3 aliphatic rings. The molecule has 3 aromatic rings. The van der Waals surface area contributed by atoms with E-state index in [1.54, 1.807) is 0 Å². The Kier molecular flexibility index (Phi) is 6.37. The Hall–Kier alpha value is -3.85. The van der Waals surface area contributed by atoms with Crippen LogP contribution in [0, 0.1) is 0 Å². The fourth-order valence-corrected chi connectivity index (χ4v) is 7.24. The van der Waals surface area contributed by atoms with Crippen molar-refractivity contribution in [3.8, 4) is 0 Å². The van der Waals surface area contributed by atoms with Crippen molar-refractivity contribution < 1.29 is 4.79 Å². The van der Waals surface area contributed by atoms with Crippen LogP contribution in [0.3, 0.4) is 0 Å². The summed E-state index contributed by atoms with van der Waals surface area (Å²) in [6.45, 7) is 15.4. The molecular formula is C37H40N2O. The molecule has 0 spiro atoms. The van der Waals surface area contributed by atoms with Crippen LogP contribution < -0.4 is 9.80 Å². The average Bonchev–Trinajstić information content (AvgIpc) is 3.49. The van der Waals surface area contributed by atoms with Gasteiger partial charge in [-0.25, -0.2) is 0 Å². The molecule has 204 valence electrons. The second-order valence-electron chi connectivity index (χ2n) is 12.3. The molecule has 6 rings (SSSR count). The summed E-state index contributed by atoms with van der Waals surface area (Å²) >= 11 is 0. The van der Waals surface area contributed by atoms with Gasteiger partial charge in [0.15, 0.2) is 5.78 Å². The van der Waals surface area contributed by atoms with E-state index in [-0.39, 0.29) is 16.6 Å². The summed E-state index contributed by atoms with van der Waals surface area (Å²) in [4.78, 5) is 18.3. The quantitative estimate of drug-likeness (QED) is 0.316. The van der Waals surface area contributed by atoms with Crippen LogP contribution in [0.4, 0.5) is 11.4 Å². The Morgan fingerprint density at radius 2 is 1.25 bits per heavy atom. The summed E-state index contributed by atoms with van der Waals surface area (Å²) in [5.41, 5.74) is 9.37. The standard InChI is InChI=1S/C37H40N2O/c1-7-38-30-16-12-11-15-29(30)36(3,4)32(38)23-20-26-17-18-27(35(26)40)21-24-33-37(5,6)34-28-14-10-9-13-25(28)19-22-31(34)39(33)8-2/h9-16,19-24H,7-8,17-18H2,1-6H3/b26-20-,27-21+,32-23-,33-24+. The third kappa shape index (κ3) is 3.90. The van der Waals surface area contributed by atoms with Crippen LogP contribution in [-0.2, 0) is 15.6 Å². The zero-order valence-electron chi connectivity index (χ0n) is 24.7. The molecule has 2 aliphatic heterocycles. The number of likely N-dealkylation sites (N-methyl/N-ethyl adjacent to an activating group) is 2. The van der Waals surface area contributed by atoms with E-state index in [2.05, 4.69) is 136 Å². The number of fused-ring (bicyclic) bond motifs is 4. The van der Waals surface area contributed by atoms with Gasteiger partial charge in [0.25, 0.3) is 0 Å². The van der Waals surface area contributed by atoms with Gasteiger partial charge in [-0.15, -0.1) is 0 Å². The molecule has 3 aromatic carbocycles. The lowest BCUT2D eigenvalue weighted by Gasteiger charge is -2.26. The molecule has 0 radical (unpaired) electrons. The molecule has 0 unspecified atom stereocenters. The van der Waals surface area contributed by atoms with Crippen molar-refractivity contribution in [2.45, 2.75) is 65.2 Å². The first kappa shape index (κ1) is 26.4. The van der Waals surface area contributed by atoms with Crippen molar-refractivity contribution >= 4 is 27.9 Å². The van der Waals surface area contributed by atoms with E-state index >= 15 is 0 Å². The molecule has 40 heavy (non-hydrogen) atoms. The molecule has 3 heteroatoms. The van der Waals surface area contributed by atoms with Crippen molar-refractivity contribution in [2.24, 2.45) is 0 Å². The van der Waals surface area contributed by atoms with Crippen LogP contribution >= 0.6 is 0 Å². The summed E-state index contributed by atoms with van der Waals surface area (Å²) in [5, 5.41) is 2.59. The van der Waals surface area contributed by atoms with Crippen LogP contribution in [-0.4, -0.2) is 18.9 Å². The maximum atomic E-state index is 13.5. The third-order valence-electron chi connectivity index (χ3n) is 9.32. The minimum absolute atomic E-state index is 0.0920. The van der Waals surface area contributed by atoms with Crippen LogP contribution in [0.2, 0.25) is 0 Å². The molecule has 0 saturated heterocycles. The highest BCUT2D eigenvalue weighted by molar-refractivity contribution is 6.11. The van der Waals surface area contributed by atoms with E-state index in [9.17, 15) is 4.79 Å². The minimum Gasteiger partial charge on any atom is -0.344 e. The number of nitrogens with zero attached hydrogens (tertiary/aromatic N) is 2. The number of anilines is 2. The zero-order valence-corrected chi connectivity index (χ0v) is 24.7. The Morgan fingerprint density at radius 1 is 0.675 bits per heavy atom. The van der Waals surface area contributed by atoms with Gasteiger partial charge in [0.05, 0.1) is 0 Å². The number of ketones is 1. The Balaban J connectivity index is 1.31. The Bertz CT molecular complexity index is 1650. The highest BCUT2D eigenvalue weighted by atomic mass is 16.1. The number of carbonyl (C=O) groups excluding carboxylic acids is 1. The van der Waals surface area contributed by atoms with Gasteiger partial charge in [-0.2, -0.15) is 0 Å². The van der Waals surface area contributed by atoms with E-state index in [0.717, 1.165) is 37.1 Å². The number of carbonyl (C=O) groups is 1. The van der Waals surface area contributed by atoms with Gasteiger partial charge < -0.3 is 9.80 Å². The molecule has 2 heterocycles. The summed E-state index contributed by atoms with van der Waals surface area (Å²) in [7, 11) is 0. The number of rotatable bonds is 4. The maximum absolute atomic E-state index is 13.5. The smallest absolute Gasteiger partial charge is 0.185 e. The minimum atomic E-state index is -0.152. The average molecular weight is 529 g/mol. The zero-order chi connectivity index (χ0) is 28.2. The van der Waals surface area contributed by atoms with Crippen LogP contribution in [0.25, 0.3) is 10.8 Å². The third-order valence-corrected chi connectivity index (χ3v) is 9.32. The van der Waals surface area contributed by atoms with Crippen molar-refractivity contribution in [3.63, 3.8) is 0 Å². The van der Waals surface area contributed by atoms with Crippen molar-refractivity contribution in [2.75, 3.05) is 22.9 Å². The highest BCUT2D eigenvalue weighted by Gasteiger charge is 2.41. The molecule has 0 amide bonds. The monoisotopic (exact) mass is 528 g/mol. The first-order valence-corrected chi connectivity index (χ1v) is 14.7. The predicted molar refractivity (Wildman–Crippen MR) is 169 cm³/mol. The molecule has 0 aromatic heterocycles. The molecule has 0 N–H and O–H groups in total. The number of hydrogen-bond acceptors (Lipinski definition) is 3. The van der Waals surface area contributed by atoms with Crippen molar-refractivity contribution in [3.05, 3.63) is 119 Å². The predicted octanol–water partition coefficient (Wildman–Crippen LogP) is 8.76. The lowest BCUT2D eigenvalue weighted by molar-refractivity contribution is -0.111. The first-order chi connectivity index (χ1) is 19.2. The van der Waals surface area contributed by atoms with Crippen molar-refractivity contribution in [1.29, 1.82) is 0 Å². The normalized spacial score (nSPS) is 23.3. The van der Waals surface area contributed by atoms with Gasteiger partial charge in [-0.05, 0) is 72.9 Å². The van der Waals surface area contributed by atoms with Gasteiger partial charge >= 0.3 is 0 Å². The molecule has 1 saturated carbocycles. The summed E-state index contributed by atoms with van der Waals surface area (Å²) < 4.78 is 0. The van der Waals surface area contributed by atoms with E-state index in [0.29, 0.717) is 0 Å². The number of hydrogen-bond donors (Lipinski definition) is 0. The molecule has 1 fully saturated rings. The second-order valence-corrected chi connectivity index (χ2v) is 12.3.